The second-order valence-electron chi connectivity index (χ2n) is 1.71. The third-order valence-electron chi connectivity index (χ3n) is 0.934. The van der Waals surface area contributed by atoms with Gasteiger partial charge in [-0.15, -0.1) is 0 Å². The van der Waals surface area contributed by atoms with Crippen LogP contribution >= 0.6 is 0 Å². The van der Waals surface area contributed by atoms with Gasteiger partial charge in [0.2, 0.25) is 0 Å². The van der Waals surface area contributed by atoms with Crippen molar-refractivity contribution in [2.45, 2.75) is 0 Å². The molecule has 3 nitrogen and oxygen atoms in total. The summed E-state index contributed by atoms with van der Waals surface area (Å²) in [7, 11) is 1.31. The molecule has 0 saturated carbocycles. The maximum absolute atomic E-state index is 10.4. The summed E-state index contributed by atoms with van der Waals surface area (Å²) in [6.07, 6.45) is 1.12. The summed E-state index contributed by atoms with van der Waals surface area (Å²) in [5.41, 5.74) is 0.755. The van der Waals surface area contributed by atoms with Crippen LogP contribution in [0.5, 0.6) is 0 Å². The molecule has 10 heavy (non-hydrogen) atoms. The van der Waals surface area contributed by atoms with Crippen LogP contribution < -0.4 is 5.32 Å². The van der Waals surface area contributed by atoms with E-state index in [0.29, 0.717) is 6.54 Å². The number of carbonyl (C=O) groups is 1. The molecule has 0 radical (unpaired) electrons. The monoisotopic (exact) mass is 141 g/mol. The summed E-state index contributed by atoms with van der Waals surface area (Å²) in [6.45, 7) is 7.45. The summed E-state index contributed by atoms with van der Waals surface area (Å²) in [5.74, 6) is 0. The van der Waals surface area contributed by atoms with Crippen LogP contribution in [0.1, 0.15) is 0 Å². The molecule has 0 unspecified atom stereocenters. The zero-order chi connectivity index (χ0) is 7.98. The van der Waals surface area contributed by atoms with Gasteiger partial charge >= 0.3 is 6.09 Å². The Morgan fingerprint density at radius 1 is 1.80 bits per heavy atom. The highest BCUT2D eigenvalue weighted by molar-refractivity contribution is 5.67. The fourth-order valence-corrected chi connectivity index (χ4v) is 0.330. The van der Waals surface area contributed by atoms with E-state index in [0.717, 1.165) is 5.57 Å². The first-order valence-electron chi connectivity index (χ1n) is 2.82. The van der Waals surface area contributed by atoms with Crippen molar-refractivity contribution in [1.29, 1.82) is 0 Å². The number of ether oxygens (including phenoxy) is 1. The molecule has 0 atom stereocenters. The Hall–Kier alpha value is -1.25. The summed E-state index contributed by atoms with van der Waals surface area (Å²) in [5, 5.41) is 2.45. The predicted molar refractivity (Wildman–Crippen MR) is 39.7 cm³/mol. The minimum atomic E-state index is -0.456. The molecule has 0 bridgehead atoms. The van der Waals surface area contributed by atoms with Crippen molar-refractivity contribution in [2.75, 3.05) is 13.7 Å². The Balaban J connectivity index is 3.44. The fourth-order valence-electron chi connectivity index (χ4n) is 0.330. The third kappa shape index (κ3) is 3.72. The Bertz CT molecular complexity index is 152. The normalized spacial score (nSPS) is 8.10. The first-order chi connectivity index (χ1) is 4.70. The minimum Gasteiger partial charge on any atom is -0.453 e. The average Bonchev–Trinajstić information content (AvgIpc) is 1.99. The van der Waals surface area contributed by atoms with Crippen molar-refractivity contribution in [3.05, 3.63) is 24.8 Å². The number of rotatable bonds is 3. The van der Waals surface area contributed by atoms with Gasteiger partial charge in [0.25, 0.3) is 0 Å². The van der Waals surface area contributed by atoms with Gasteiger partial charge < -0.3 is 10.1 Å². The van der Waals surface area contributed by atoms with Crippen LogP contribution in [0, 0.1) is 0 Å². The topological polar surface area (TPSA) is 38.3 Å². The lowest BCUT2D eigenvalue weighted by Gasteiger charge is -2.01. The van der Waals surface area contributed by atoms with Gasteiger partial charge in [-0.05, 0) is 5.57 Å². The molecule has 0 spiro atoms. The molecule has 0 aromatic rings. The molecule has 0 heterocycles. The number of alkyl carbamates (subject to hydrolysis) is 1. The molecule has 1 amide bonds. The second-order valence-corrected chi connectivity index (χ2v) is 1.71. The Morgan fingerprint density at radius 2 is 2.40 bits per heavy atom. The van der Waals surface area contributed by atoms with Crippen molar-refractivity contribution in [2.24, 2.45) is 0 Å². The van der Waals surface area contributed by atoms with Gasteiger partial charge in [0, 0.05) is 6.54 Å². The highest BCUT2D eigenvalue weighted by Crippen LogP contribution is 1.86. The first kappa shape index (κ1) is 8.75. The van der Waals surface area contributed by atoms with Crippen molar-refractivity contribution in [1.82, 2.24) is 5.32 Å². The number of amides is 1. The Labute approximate surface area is 60.4 Å². The molecule has 0 rings (SSSR count). The third-order valence-corrected chi connectivity index (χ3v) is 0.934. The van der Waals surface area contributed by atoms with Crippen LogP contribution in [0.3, 0.4) is 0 Å². The van der Waals surface area contributed by atoms with Gasteiger partial charge in [-0.2, -0.15) is 0 Å². The number of carbonyl (C=O) groups excluding carboxylic acids is 1. The van der Waals surface area contributed by atoms with E-state index >= 15 is 0 Å². The van der Waals surface area contributed by atoms with E-state index < -0.39 is 6.09 Å². The lowest BCUT2D eigenvalue weighted by molar-refractivity contribution is 0.172. The maximum atomic E-state index is 10.4. The Kier molecular flexibility index (Phi) is 4.04. The Morgan fingerprint density at radius 3 is 2.80 bits per heavy atom. The predicted octanol–water partition coefficient (Wildman–Crippen LogP) is 1.08. The van der Waals surface area contributed by atoms with Crippen LogP contribution in [0.15, 0.2) is 24.8 Å². The molecule has 3 heteroatoms. The molecule has 1 N–H and O–H groups in total. The number of hydrogen-bond donors (Lipinski definition) is 1. The van der Waals surface area contributed by atoms with Crippen molar-refractivity contribution >= 4 is 6.09 Å². The van der Waals surface area contributed by atoms with Crippen molar-refractivity contribution in [3.63, 3.8) is 0 Å². The molecular weight excluding hydrogens is 130 g/mol. The highest BCUT2D eigenvalue weighted by Gasteiger charge is 1.95. The smallest absolute Gasteiger partial charge is 0.407 e. The van der Waals surface area contributed by atoms with E-state index in [1.807, 2.05) is 0 Å². The van der Waals surface area contributed by atoms with Crippen molar-refractivity contribution in [3.8, 4) is 0 Å². The van der Waals surface area contributed by atoms with Crippen LogP contribution in [-0.4, -0.2) is 19.7 Å². The second kappa shape index (κ2) is 4.61. The standard InChI is InChI=1S/C7H11NO2/c1-4-6(2)5-8-7(9)10-3/h4H,1-2,5H2,3H3,(H,8,9). The molecule has 56 valence electrons. The van der Waals surface area contributed by atoms with Crippen LogP contribution in [0.4, 0.5) is 4.79 Å². The highest BCUT2D eigenvalue weighted by atomic mass is 16.5. The molecular formula is C7H11NO2. The number of methoxy groups -OCH3 is 1. The zero-order valence-corrected chi connectivity index (χ0v) is 6.02. The van der Waals surface area contributed by atoms with Gasteiger partial charge in [0.1, 0.15) is 0 Å². The van der Waals surface area contributed by atoms with Gasteiger partial charge in [-0.1, -0.05) is 19.2 Å². The van der Waals surface area contributed by atoms with E-state index in [2.05, 4.69) is 23.2 Å². The van der Waals surface area contributed by atoms with Gasteiger partial charge in [-0.3, -0.25) is 0 Å². The SMILES string of the molecule is C=CC(=C)CNC(=O)OC. The molecule has 0 aromatic carbocycles. The van der Waals surface area contributed by atoms with E-state index in [1.54, 1.807) is 6.08 Å². The first-order valence-corrected chi connectivity index (χ1v) is 2.82. The van der Waals surface area contributed by atoms with Crippen LogP contribution in [0.2, 0.25) is 0 Å². The van der Waals surface area contributed by atoms with Gasteiger partial charge in [-0.25, -0.2) is 4.79 Å². The number of hydrogen-bond acceptors (Lipinski definition) is 2. The van der Waals surface area contributed by atoms with Gasteiger partial charge in [0.05, 0.1) is 7.11 Å². The summed E-state index contributed by atoms with van der Waals surface area (Å²) in [4.78, 5) is 10.4. The maximum Gasteiger partial charge on any atom is 0.407 e. The zero-order valence-electron chi connectivity index (χ0n) is 6.02. The molecule has 0 aromatic heterocycles. The van der Waals surface area contributed by atoms with E-state index in [-0.39, 0.29) is 0 Å². The summed E-state index contributed by atoms with van der Waals surface area (Å²) in [6, 6.07) is 0. The molecule has 0 saturated heterocycles. The molecule has 0 fully saturated rings. The van der Waals surface area contributed by atoms with E-state index in [4.69, 9.17) is 0 Å². The van der Waals surface area contributed by atoms with Crippen molar-refractivity contribution < 1.29 is 9.53 Å². The minimum absolute atomic E-state index is 0.385. The van der Waals surface area contributed by atoms with Crippen LogP contribution in [-0.2, 0) is 4.74 Å². The van der Waals surface area contributed by atoms with Gasteiger partial charge in [0.15, 0.2) is 0 Å². The van der Waals surface area contributed by atoms with E-state index in [1.165, 1.54) is 7.11 Å². The fraction of sp³-hybridized carbons (Fsp3) is 0.286. The number of nitrogens with one attached hydrogen (secondary N) is 1. The lowest BCUT2D eigenvalue weighted by atomic mass is 10.3. The average molecular weight is 141 g/mol. The van der Waals surface area contributed by atoms with Crippen LogP contribution in [0.25, 0.3) is 0 Å². The molecule has 0 aliphatic carbocycles. The van der Waals surface area contributed by atoms with E-state index in [9.17, 15) is 4.79 Å². The quantitative estimate of drug-likeness (QED) is 0.597. The lowest BCUT2D eigenvalue weighted by Crippen LogP contribution is -2.24. The molecule has 0 aliphatic rings. The summed E-state index contributed by atoms with van der Waals surface area (Å²) < 4.78 is 4.32. The largest absolute Gasteiger partial charge is 0.453 e. The molecule has 0 aliphatic heterocycles. The summed E-state index contributed by atoms with van der Waals surface area (Å²) >= 11 is 0.